The highest BCUT2D eigenvalue weighted by molar-refractivity contribution is 5.75. The van der Waals surface area contributed by atoms with Crippen LogP contribution >= 0.6 is 0 Å². The first-order chi connectivity index (χ1) is 5.27. The Balaban J connectivity index is 0. The SMILES string of the molecule is CCCCCCCN=C(N)N.O. The molecule has 0 aliphatic heterocycles. The molecule has 0 bridgehead atoms. The van der Waals surface area contributed by atoms with Crippen LogP contribution in [-0.2, 0) is 0 Å². The van der Waals surface area contributed by atoms with Crippen LogP contribution in [0.15, 0.2) is 4.99 Å². The molecule has 0 amide bonds. The Bertz CT molecular complexity index is 111. The number of aliphatic imine (C=N–C) groups is 1. The molecule has 0 saturated heterocycles. The maximum atomic E-state index is 5.16. The summed E-state index contributed by atoms with van der Waals surface area (Å²) in [6.07, 6.45) is 6.25. The summed E-state index contributed by atoms with van der Waals surface area (Å²) in [6.45, 7) is 2.99. The van der Waals surface area contributed by atoms with Crippen molar-refractivity contribution in [3.05, 3.63) is 0 Å². The van der Waals surface area contributed by atoms with E-state index in [0.717, 1.165) is 13.0 Å². The average Bonchev–Trinajstić information content (AvgIpc) is 1.96. The molecule has 0 aliphatic rings. The number of hydrogen-bond donors (Lipinski definition) is 2. The molecule has 74 valence electrons. The van der Waals surface area contributed by atoms with E-state index in [4.69, 9.17) is 11.5 Å². The molecule has 6 N–H and O–H groups in total. The van der Waals surface area contributed by atoms with Crippen molar-refractivity contribution in [3.8, 4) is 0 Å². The van der Waals surface area contributed by atoms with Gasteiger partial charge in [0, 0.05) is 6.54 Å². The number of nitrogens with zero attached hydrogens (tertiary/aromatic N) is 1. The van der Waals surface area contributed by atoms with Crippen molar-refractivity contribution < 1.29 is 5.48 Å². The van der Waals surface area contributed by atoms with Crippen LogP contribution in [0.5, 0.6) is 0 Å². The van der Waals surface area contributed by atoms with Crippen LogP contribution < -0.4 is 11.5 Å². The van der Waals surface area contributed by atoms with Gasteiger partial charge in [-0.1, -0.05) is 32.6 Å². The van der Waals surface area contributed by atoms with Gasteiger partial charge in [0.25, 0.3) is 0 Å². The van der Waals surface area contributed by atoms with Crippen molar-refractivity contribution in [2.24, 2.45) is 16.5 Å². The van der Waals surface area contributed by atoms with Crippen molar-refractivity contribution >= 4 is 5.96 Å². The van der Waals surface area contributed by atoms with Gasteiger partial charge in [0.2, 0.25) is 0 Å². The predicted octanol–water partition coefficient (Wildman–Crippen LogP) is 0.406. The molecule has 0 heterocycles. The summed E-state index contributed by atoms with van der Waals surface area (Å²) in [4.78, 5) is 3.89. The van der Waals surface area contributed by atoms with E-state index in [0.29, 0.717) is 0 Å². The minimum atomic E-state index is 0. The highest BCUT2D eigenvalue weighted by atomic mass is 16.0. The van der Waals surface area contributed by atoms with Crippen molar-refractivity contribution in [3.63, 3.8) is 0 Å². The van der Waals surface area contributed by atoms with Gasteiger partial charge in [-0.05, 0) is 6.42 Å². The standard InChI is InChI=1S/C8H19N3.H2O/c1-2-3-4-5-6-7-11-8(9)10;/h2-7H2,1H3,(H4,9,10,11);1H2. The Morgan fingerprint density at radius 1 is 1.08 bits per heavy atom. The van der Waals surface area contributed by atoms with E-state index in [1.165, 1.54) is 25.7 Å². The quantitative estimate of drug-likeness (QED) is 0.347. The molecule has 0 radical (unpaired) electrons. The van der Waals surface area contributed by atoms with Crippen molar-refractivity contribution in [1.29, 1.82) is 0 Å². The molecule has 0 aromatic rings. The molecule has 0 spiro atoms. The zero-order valence-corrected chi connectivity index (χ0v) is 7.84. The van der Waals surface area contributed by atoms with E-state index in [1.807, 2.05) is 0 Å². The zero-order valence-electron chi connectivity index (χ0n) is 7.84. The highest BCUT2D eigenvalue weighted by Crippen LogP contribution is 2.01. The lowest BCUT2D eigenvalue weighted by molar-refractivity contribution is 0.638. The fraction of sp³-hybridized carbons (Fsp3) is 0.875. The van der Waals surface area contributed by atoms with Gasteiger partial charge in [0.15, 0.2) is 5.96 Å². The fourth-order valence-corrected chi connectivity index (χ4v) is 0.924. The van der Waals surface area contributed by atoms with Gasteiger partial charge in [-0.3, -0.25) is 4.99 Å². The minimum Gasteiger partial charge on any atom is -0.412 e. The second kappa shape index (κ2) is 10.2. The van der Waals surface area contributed by atoms with Gasteiger partial charge >= 0.3 is 0 Å². The molecular weight excluding hydrogens is 154 g/mol. The number of hydrogen-bond acceptors (Lipinski definition) is 1. The summed E-state index contributed by atoms with van der Waals surface area (Å²) >= 11 is 0. The average molecular weight is 175 g/mol. The van der Waals surface area contributed by atoms with Crippen LogP contribution in [0, 0.1) is 0 Å². The number of unbranched alkanes of at least 4 members (excludes halogenated alkanes) is 4. The van der Waals surface area contributed by atoms with E-state index >= 15 is 0 Å². The predicted molar refractivity (Wildman–Crippen MR) is 53.0 cm³/mol. The molecule has 0 unspecified atom stereocenters. The van der Waals surface area contributed by atoms with Crippen LogP contribution in [0.1, 0.15) is 39.0 Å². The van der Waals surface area contributed by atoms with Crippen LogP contribution in [0.4, 0.5) is 0 Å². The number of nitrogens with two attached hydrogens (primary N) is 2. The normalized spacial score (nSPS) is 8.75. The molecule has 0 saturated carbocycles. The lowest BCUT2D eigenvalue weighted by Gasteiger charge is -1.96. The summed E-state index contributed by atoms with van der Waals surface area (Å²) in [5.74, 6) is 0.209. The maximum Gasteiger partial charge on any atom is 0.185 e. The molecule has 12 heavy (non-hydrogen) atoms. The molecule has 0 atom stereocenters. The molecule has 4 heteroatoms. The largest absolute Gasteiger partial charge is 0.412 e. The van der Waals surface area contributed by atoms with Gasteiger partial charge < -0.3 is 16.9 Å². The Kier molecular flexibility index (Phi) is 11.8. The van der Waals surface area contributed by atoms with E-state index < -0.39 is 0 Å². The molecule has 0 aliphatic carbocycles. The minimum absolute atomic E-state index is 0. The number of rotatable bonds is 6. The number of guanidine groups is 1. The fourth-order valence-electron chi connectivity index (χ4n) is 0.924. The van der Waals surface area contributed by atoms with Crippen LogP contribution in [-0.4, -0.2) is 18.0 Å². The molecule has 0 aromatic carbocycles. The Labute approximate surface area is 74.3 Å². The highest BCUT2D eigenvalue weighted by Gasteiger charge is 1.87. The maximum absolute atomic E-state index is 5.16. The summed E-state index contributed by atoms with van der Waals surface area (Å²) in [6, 6.07) is 0. The van der Waals surface area contributed by atoms with Gasteiger partial charge in [0.1, 0.15) is 0 Å². The first kappa shape index (κ1) is 13.8. The summed E-state index contributed by atoms with van der Waals surface area (Å²) < 4.78 is 0. The second-order valence-electron chi connectivity index (χ2n) is 2.72. The first-order valence-electron chi connectivity index (χ1n) is 4.32. The summed E-state index contributed by atoms with van der Waals surface area (Å²) in [5.41, 5.74) is 10.3. The van der Waals surface area contributed by atoms with Crippen LogP contribution in [0.3, 0.4) is 0 Å². The Morgan fingerprint density at radius 2 is 1.67 bits per heavy atom. The molecule has 0 fully saturated rings. The van der Waals surface area contributed by atoms with Gasteiger partial charge in [-0.2, -0.15) is 0 Å². The van der Waals surface area contributed by atoms with E-state index in [-0.39, 0.29) is 11.4 Å². The van der Waals surface area contributed by atoms with Crippen molar-refractivity contribution in [2.45, 2.75) is 39.0 Å². The van der Waals surface area contributed by atoms with Gasteiger partial charge in [0.05, 0.1) is 0 Å². The van der Waals surface area contributed by atoms with Crippen molar-refractivity contribution in [2.75, 3.05) is 6.54 Å². The third-order valence-corrected chi connectivity index (χ3v) is 1.56. The van der Waals surface area contributed by atoms with Crippen molar-refractivity contribution in [1.82, 2.24) is 0 Å². The Morgan fingerprint density at radius 3 is 2.17 bits per heavy atom. The third-order valence-electron chi connectivity index (χ3n) is 1.56. The summed E-state index contributed by atoms with van der Waals surface area (Å²) in [5, 5.41) is 0. The lowest BCUT2D eigenvalue weighted by atomic mass is 10.2. The van der Waals surface area contributed by atoms with E-state index in [1.54, 1.807) is 0 Å². The van der Waals surface area contributed by atoms with Crippen LogP contribution in [0.2, 0.25) is 0 Å². The Hall–Kier alpha value is -0.770. The first-order valence-corrected chi connectivity index (χ1v) is 4.32. The van der Waals surface area contributed by atoms with Gasteiger partial charge in [-0.15, -0.1) is 0 Å². The zero-order chi connectivity index (χ0) is 8.53. The smallest absolute Gasteiger partial charge is 0.185 e. The van der Waals surface area contributed by atoms with Gasteiger partial charge in [-0.25, -0.2) is 0 Å². The monoisotopic (exact) mass is 175 g/mol. The molecular formula is C8H21N3O. The lowest BCUT2D eigenvalue weighted by Crippen LogP contribution is -2.22. The molecule has 0 aromatic heterocycles. The molecule has 0 rings (SSSR count). The van der Waals surface area contributed by atoms with E-state index in [9.17, 15) is 0 Å². The summed E-state index contributed by atoms with van der Waals surface area (Å²) in [7, 11) is 0. The second-order valence-corrected chi connectivity index (χ2v) is 2.72. The topological polar surface area (TPSA) is 95.9 Å². The van der Waals surface area contributed by atoms with E-state index in [2.05, 4.69) is 11.9 Å². The third kappa shape index (κ3) is 12.0. The molecule has 4 nitrogen and oxygen atoms in total. The van der Waals surface area contributed by atoms with Crippen LogP contribution in [0.25, 0.3) is 0 Å².